The molecule has 0 saturated carbocycles. The van der Waals surface area contributed by atoms with E-state index < -0.39 is 17.3 Å². The van der Waals surface area contributed by atoms with Gasteiger partial charge in [-0.15, -0.1) is 17.3 Å². The minimum Gasteiger partial charge on any atom is -0.481 e. The lowest BCUT2D eigenvalue weighted by molar-refractivity contribution is -0.138. The molecule has 0 aliphatic heterocycles. The third-order valence-corrected chi connectivity index (χ3v) is 1.51. The predicted octanol–water partition coefficient (Wildman–Crippen LogP) is 1.86. The van der Waals surface area contributed by atoms with E-state index in [9.17, 15) is 9.59 Å². The normalized spacial score (nSPS) is 11.6. The molecule has 5 heteroatoms. The van der Waals surface area contributed by atoms with Crippen LogP contribution in [0.25, 0.3) is 0 Å². The van der Waals surface area contributed by atoms with E-state index in [-0.39, 0.29) is 6.42 Å². The van der Waals surface area contributed by atoms with Gasteiger partial charge < -0.3 is 9.84 Å². The van der Waals surface area contributed by atoms with Crippen LogP contribution >= 0.6 is 11.6 Å². The van der Waals surface area contributed by atoms with Gasteiger partial charge in [0, 0.05) is 0 Å². The lowest BCUT2D eigenvalue weighted by Gasteiger charge is -1.99. The van der Waals surface area contributed by atoms with Gasteiger partial charge >= 0.3 is 11.9 Å². The predicted molar refractivity (Wildman–Crippen MR) is 55.5 cm³/mol. The third-order valence-electron chi connectivity index (χ3n) is 1.21. The van der Waals surface area contributed by atoms with Gasteiger partial charge in [0.05, 0.1) is 12.7 Å². The molecule has 0 fully saturated rings. The molecule has 0 aliphatic carbocycles. The summed E-state index contributed by atoms with van der Waals surface area (Å²) < 4.78 is 4.55. The molecule has 1 unspecified atom stereocenters. The zero-order valence-corrected chi connectivity index (χ0v) is 8.90. The zero-order chi connectivity index (χ0) is 11.7. The molecule has 0 aromatic rings. The Balaban J connectivity index is 3.98. The van der Waals surface area contributed by atoms with Gasteiger partial charge in [0.1, 0.15) is 0 Å². The van der Waals surface area contributed by atoms with Crippen molar-refractivity contribution in [3.63, 3.8) is 0 Å². The SMILES string of the molecule is CC=C=CC(Cl)C(=O)OC=CCC(=O)O. The Morgan fingerprint density at radius 3 is 2.80 bits per heavy atom. The van der Waals surface area contributed by atoms with Crippen LogP contribution in [0, 0.1) is 0 Å². The first-order valence-electron chi connectivity index (χ1n) is 4.16. The summed E-state index contributed by atoms with van der Waals surface area (Å²) in [5.41, 5.74) is 2.64. The van der Waals surface area contributed by atoms with Crippen molar-refractivity contribution in [2.45, 2.75) is 18.7 Å². The summed E-state index contributed by atoms with van der Waals surface area (Å²) in [5.74, 6) is -1.67. The first-order valence-corrected chi connectivity index (χ1v) is 4.60. The molecule has 0 aliphatic rings. The molecule has 1 atom stereocenters. The number of carboxylic acid groups (broad SMARTS) is 1. The van der Waals surface area contributed by atoms with Crippen LogP contribution in [0.15, 0.2) is 30.2 Å². The fourth-order valence-corrected chi connectivity index (χ4v) is 0.702. The highest BCUT2D eigenvalue weighted by Crippen LogP contribution is 2.01. The number of rotatable bonds is 5. The van der Waals surface area contributed by atoms with Crippen LogP contribution in [0.2, 0.25) is 0 Å². The number of carboxylic acids is 1. The van der Waals surface area contributed by atoms with Crippen molar-refractivity contribution in [2.75, 3.05) is 0 Å². The van der Waals surface area contributed by atoms with Gasteiger partial charge in [-0.05, 0) is 25.2 Å². The topological polar surface area (TPSA) is 63.6 Å². The lowest BCUT2D eigenvalue weighted by atomic mass is 10.4. The Morgan fingerprint density at radius 1 is 1.60 bits per heavy atom. The van der Waals surface area contributed by atoms with Gasteiger partial charge in [0.15, 0.2) is 5.38 Å². The molecule has 0 radical (unpaired) electrons. The standard InChI is InChI=1S/C10H11ClO4/c1-2-3-5-8(11)10(14)15-7-4-6-9(12)13/h2,4-5,7-8H,6H2,1H3,(H,12,13). The highest BCUT2D eigenvalue weighted by atomic mass is 35.5. The van der Waals surface area contributed by atoms with Gasteiger partial charge in [0.2, 0.25) is 0 Å². The summed E-state index contributed by atoms with van der Waals surface area (Å²) in [6.07, 6.45) is 4.96. The molecule has 82 valence electrons. The van der Waals surface area contributed by atoms with Gasteiger partial charge in [-0.3, -0.25) is 4.79 Å². The van der Waals surface area contributed by atoms with Crippen LogP contribution in [0.1, 0.15) is 13.3 Å². The van der Waals surface area contributed by atoms with Crippen LogP contribution in [0.3, 0.4) is 0 Å². The summed E-state index contributed by atoms with van der Waals surface area (Å²) in [6, 6.07) is 0. The smallest absolute Gasteiger partial charge is 0.333 e. The molecule has 0 spiro atoms. The fraction of sp³-hybridized carbons (Fsp3) is 0.300. The van der Waals surface area contributed by atoms with Crippen LogP contribution < -0.4 is 0 Å². The second-order valence-corrected chi connectivity index (χ2v) is 2.90. The minimum absolute atomic E-state index is 0.203. The molecule has 0 amide bonds. The number of hydrogen-bond acceptors (Lipinski definition) is 3. The molecule has 0 bridgehead atoms. The second kappa shape index (κ2) is 7.85. The molecule has 4 nitrogen and oxygen atoms in total. The van der Waals surface area contributed by atoms with E-state index in [1.807, 2.05) is 0 Å². The average Bonchev–Trinajstić information content (AvgIpc) is 2.20. The Kier molecular flexibility index (Phi) is 7.06. The third kappa shape index (κ3) is 7.55. The largest absolute Gasteiger partial charge is 0.481 e. The number of alkyl halides is 1. The summed E-state index contributed by atoms with van der Waals surface area (Å²) in [4.78, 5) is 21.1. The number of ether oxygens (including phenoxy) is 1. The minimum atomic E-state index is -1.00. The maximum absolute atomic E-state index is 11.1. The highest BCUT2D eigenvalue weighted by Gasteiger charge is 2.11. The van der Waals surface area contributed by atoms with E-state index >= 15 is 0 Å². The van der Waals surface area contributed by atoms with Crippen molar-refractivity contribution >= 4 is 23.5 Å². The summed E-state index contributed by atoms with van der Waals surface area (Å²) in [5, 5.41) is 7.35. The summed E-state index contributed by atoms with van der Waals surface area (Å²) in [7, 11) is 0. The second-order valence-electron chi connectivity index (χ2n) is 2.43. The molecule has 0 aromatic carbocycles. The number of aliphatic carboxylic acids is 1. The van der Waals surface area contributed by atoms with Crippen molar-refractivity contribution in [2.24, 2.45) is 0 Å². The summed E-state index contributed by atoms with van der Waals surface area (Å²) in [6.45, 7) is 1.73. The van der Waals surface area contributed by atoms with Crippen molar-refractivity contribution in [3.8, 4) is 0 Å². The zero-order valence-electron chi connectivity index (χ0n) is 8.14. The quantitative estimate of drug-likeness (QED) is 0.339. The van der Waals surface area contributed by atoms with E-state index in [4.69, 9.17) is 16.7 Å². The molecular formula is C10H11ClO4. The first kappa shape index (κ1) is 13.5. The number of hydrogen-bond donors (Lipinski definition) is 1. The number of carbonyl (C=O) groups is 2. The van der Waals surface area contributed by atoms with E-state index in [1.165, 1.54) is 12.2 Å². The van der Waals surface area contributed by atoms with Crippen LogP contribution in [-0.2, 0) is 14.3 Å². The molecule has 0 saturated heterocycles. The molecule has 1 N–H and O–H groups in total. The Labute approximate surface area is 92.5 Å². The highest BCUT2D eigenvalue weighted by molar-refractivity contribution is 6.31. The molecular weight excluding hydrogens is 220 g/mol. The van der Waals surface area contributed by atoms with Crippen LogP contribution in [0.4, 0.5) is 0 Å². The number of carbonyl (C=O) groups excluding carboxylic acids is 1. The number of esters is 1. The van der Waals surface area contributed by atoms with Crippen molar-refractivity contribution < 1.29 is 19.4 Å². The van der Waals surface area contributed by atoms with Crippen molar-refractivity contribution in [3.05, 3.63) is 30.2 Å². The summed E-state index contributed by atoms with van der Waals surface area (Å²) >= 11 is 5.59. The van der Waals surface area contributed by atoms with Crippen molar-refractivity contribution in [1.82, 2.24) is 0 Å². The van der Waals surface area contributed by atoms with E-state index in [2.05, 4.69) is 10.5 Å². The van der Waals surface area contributed by atoms with Gasteiger partial charge in [-0.1, -0.05) is 0 Å². The maximum atomic E-state index is 11.1. The van der Waals surface area contributed by atoms with Gasteiger partial charge in [-0.2, -0.15) is 0 Å². The van der Waals surface area contributed by atoms with Crippen molar-refractivity contribution in [1.29, 1.82) is 0 Å². The fourth-order valence-electron chi connectivity index (χ4n) is 0.578. The van der Waals surface area contributed by atoms with Crippen LogP contribution in [0.5, 0.6) is 0 Å². The van der Waals surface area contributed by atoms with Gasteiger partial charge in [0.25, 0.3) is 0 Å². The maximum Gasteiger partial charge on any atom is 0.333 e. The Hall–Kier alpha value is -1.51. The molecule has 0 aromatic heterocycles. The molecule has 0 heterocycles. The number of halogens is 1. The average molecular weight is 231 g/mol. The van der Waals surface area contributed by atoms with Gasteiger partial charge in [-0.25, -0.2) is 4.79 Å². The molecule has 0 rings (SSSR count). The van der Waals surface area contributed by atoms with E-state index in [1.54, 1.807) is 13.0 Å². The Bertz CT molecular complexity index is 313. The van der Waals surface area contributed by atoms with E-state index in [0.717, 1.165) is 6.26 Å². The lowest BCUT2D eigenvalue weighted by Crippen LogP contribution is -2.12. The van der Waals surface area contributed by atoms with Crippen LogP contribution in [-0.4, -0.2) is 22.4 Å². The first-order chi connectivity index (χ1) is 7.07. The van der Waals surface area contributed by atoms with E-state index in [0.29, 0.717) is 0 Å². The Morgan fingerprint density at radius 2 is 2.27 bits per heavy atom. The monoisotopic (exact) mass is 230 g/mol. The molecule has 15 heavy (non-hydrogen) atoms.